The van der Waals surface area contributed by atoms with Gasteiger partial charge < -0.3 is 14.2 Å². The molecule has 0 unspecified atom stereocenters. The summed E-state index contributed by atoms with van der Waals surface area (Å²) < 4.78 is 10.9. The van der Waals surface area contributed by atoms with Crippen LogP contribution in [0.1, 0.15) is 21.9 Å². The molecule has 2 aromatic heterocycles. The molecule has 0 aliphatic heterocycles. The number of nitrogens with zero attached hydrogens (tertiary/aromatic N) is 1. The van der Waals surface area contributed by atoms with Crippen LogP contribution in [0.3, 0.4) is 0 Å². The fourth-order valence-electron chi connectivity index (χ4n) is 2.20. The van der Waals surface area contributed by atoms with Gasteiger partial charge in [-0.1, -0.05) is 17.7 Å². The first-order valence-electron chi connectivity index (χ1n) is 7.79. The van der Waals surface area contributed by atoms with Gasteiger partial charge in [-0.25, -0.2) is 4.99 Å². The van der Waals surface area contributed by atoms with Gasteiger partial charge in [-0.15, -0.1) is 0 Å². The molecule has 0 aliphatic carbocycles. The Balaban J connectivity index is 1.84. The molecule has 2 heterocycles. The van der Waals surface area contributed by atoms with E-state index in [4.69, 9.17) is 8.83 Å². The number of aliphatic imine (C=N–C) groups is 1. The summed E-state index contributed by atoms with van der Waals surface area (Å²) in [5.74, 6) is -0.561. The van der Waals surface area contributed by atoms with Crippen molar-refractivity contribution in [2.45, 2.75) is 13.3 Å². The van der Waals surface area contributed by atoms with E-state index in [1.54, 1.807) is 30.3 Å². The van der Waals surface area contributed by atoms with Crippen molar-refractivity contribution >= 4 is 39.1 Å². The molecule has 7 heteroatoms. The molecule has 1 aromatic carbocycles. The number of carbonyl (C=O) groups is 2. The summed E-state index contributed by atoms with van der Waals surface area (Å²) in [4.78, 5) is 28.8. The van der Waals surface area contributed by atoms with Gasteiger partial charge in [-0.3, -0.25) is 9.59 Å². The maximum Gasteiger partial charge on any atom is 0.313 e. The summed E-state index contributed by atoms with van der Waals surface area (Å²) in [6, 6.07) is 13.8. The van der Waals surface area contributed by atoms with Crippen LogP contribution >= 0.6 is 15.9 Å². The van der Waals surface area contributed by atoms with E-state index in [1.165, 1.54) is 12.3 Å². The lowest BCUT2D eigenvalue weighted by Gasteiger charge is -2.07. The number of aryl methyl sites for hydroxylation is 1. The van der Waals surface area contributed by atoms with E-state index in [9.17, 15) is 9.59 Å². The van der Waals surface area contributed by atoms with Crippen LogP contribution in [-0.2, 0) is 11.2 Å². The summed E-state index contributed by atoms with van der Waals surface area (Å²) in [7, 11) is 0. The number of rotatable bonds is 5. The van der Waals surface area contributed by atoms with Gasteiger partial charge in [-0.05, 0) is 59.3 Å². The third kappa shape index (κ3) is 4.58. The highest BCUT2D eigenvalue weighted by atomic mass is 79.9. The van der Waals surface area contributed by atoms with Gasteiger partial charge in [-0.2, -0.15) is 0 Å². The number of anilines is 1. The van der Waals surface area contributed by atoms with E-state index >= 15 is 0 Å². The summed E-state index contributed by atoms with van der Waals surface area (Å²) >= 11 is 3.13. The van der Waals surface area contributed by atoms with E-state index in [0.29, 0.717) is 16.1 Å². The Kier molecular flexibility index (Phi) is 5.48. The van der Waals surface area contributed by atoms with Crippen molar-refractivity contribution in [2.75, 3.05) is 5.32 Å². The number of hydrogen-bond acceptors (Lipinski definition) is 4. The Morgan fingerprint density at radius 2 is 1.88 bits per heavy atom. The van der Waals surface area contributed by atoms with Crippen molar-refractivity contribution in [1.82, 2.24) is 0 Å². The normalized spacial score (nSPS) is 11.4. The number of halogens is 1. The second kappa shape index (κ2) is 7.97. The zero-order valence-electron chi connectivity index (χ0n) is 13.9. The molecule has 0 spiro atoms. The van der Waals surface area contributed by atoms with E-state index in [1.807, 2.05) is 19.1 Å². The predicted octanol–water partition coefficient (Wildman–Crippen LogP) is 4.41. The zero-order chi connectivity index (χ0) is 18.5. The third-order valence-corrected chi connectivity index (χ3v) is 3.94. The second-order valence-electron chi connectivity index (χ2n) is 5.54. The largest absolute Gasteiger partial charge is 0.469 e. The molecule has 2 amide bonds. The summed E-state index contributed by atoms with van der Waals surface area (Å²) in [6.45, 7) is 1.95. The van der Waals surface area contributed by atoms with Crippen molar-refractivity contribution < 1.29 is 18.4 Å². The SMILES string of the molecule is Cc1ccc(NC(=O)C(Cc2ccco2)=NC(=O)c2ccc(Br)o2)cc1. The average Bonchev–Trinajstić information content (AvgIpc) is 3.28. The average molecular weight is 415 g/mol. The Morgan fingerprint density at radius 1 is 1.12 bits per heavy atom. The van der Waals surface area contributed by atoms with Crippen LogP contribution in [0.2, 0.25) is 0 Å². The van der Waals surface area contributed by atoms with Gasteiger partial charge in [0.2, 0.25) is 0 Å². The first kappa shape index (κ1) is 17.9. The monoisotopic (exact) mass is 414 g/mol. The fraction of sp³-hybridized carbons (Fsp3) is 0.105. The first-order chi connectivity index (χ1) is 12.5. The number of hydrogen-bond donors (Lipinski definition) is 1. The molecule has 0 saturated heterocycles. The topological polar surface area (TPSA) is 84.8 Å². The van der Waals surface area contributed by atoms with Crippen LogP contribution in [0.5, 0.6) is 0 Å². The van der Waals surface area contributed by atoms with Crippen LogP contribution in [-0.4, -0.2) is 17.5 Å². The molecule has 3 rings (SSSR count). The molecule has 1 N–H and O–H groups in total. The molecule has 0 fully saturated rings. The highest BCUT2D eigenvalue weighted by Gasteiger charge is 2.18. The van der Waals surface area contributed by atoms with Crippen molar-refractivity contribution in [3.63, 3.8) is 0 Å². The molecule has 3 aromatic rings. The van der Waals surface area contributed by atoms with Crippen molar-refractivity contribution in [3.8, 4) is 0 Å². The number of amides is 2. The standard InChI is InChI=1S/C19H15BrN2O4/c1-12-4-6-13(7-5-12)21-18(23)15(11-14-3-2-10-25-14)22-19(24)16-8-9-17(20)26-16/h2-10H,11H2,1H3,(H,21,23). The lowest BCUT2D eigenvalue weighted by molar-refractivity contribution is -0.110. The predicted molar refractivity (Wildman–Crippen MR) is 100 cm³/mol. The van der Waals surface area contributed by atoms with Gasteiger partial charge in [0, 0.05) is 5.69 Å². The maximum atomic E-state index is 12.6. The minimum absolute atomic E-state index is 0.0260. The molecule has 0 bridgehead atoms. The quantitative estimate of drug-likeness (QED) is 0.626. The van der Waals surface area contributed by atoms with Crippen molar-refractivity contribution in [3.05, 3.63) is 76.5 Å². The molecule has 0 saturated carbocycles. The summed E-state index contributed by atoms with van der Waals surface area (Å²) in [6.07, 6.45) is 1.58. The molecule has 132 valence electrons. The minimum Gasteiger partial charge on any atom is -0.469 e. The van der Waals surface area contributed by atoms with Gasteiger partial charge >= 0.3 is 5.91 Å². The lowest BCUT2D eigenvalue weighted by atomic mass is 10.2. The van der Waals surface area contributed by atoms with Crippen LogP contribution in [0.4, 0.5) is 5.69 Å². The van der Waals surface area contributed by atoms with Gasteiger partial charge in [0.05, 0.1) is 12.7 Å². The smallest absolute Gasteiger partial charge is 0.313 e. The third-order valence-electron chi connectivity index (χ3n) is 3.51. The molecular weight excluding hydrogens is 400 g/mol. The number of benzene rings is 1. The summed E-state index contributed by atoms with van der Waals surface area (Å²) in [5.41, 5.74) is 1.71. The maximum absolute atomic E-state index is 12.6. The first-order valence-corrected chi connectivity index (χ1v) is 8.58. The molecule has 0 radical (unpaired) electrons. The van der Waals surface area contributed by atoms with Crippen molar-refractivity contribution in [1.29, 1.82) is 0 Å². The van der Waals surface area contributed by atoms with E-state index in [2.05, 4.69) is 26.2 Å². The van der Waals surface area contributed by atoms with Gasteiger partial charge in [0.15, 0.2) is 10.4 Å². The van der Waals surface area contributed by atoms with Gasteiger partial charge in [0.25, 0.3) is 5.91 Å². The Hall–Kier alpha value is -2.93. The van der Waals surface area contributed by atoms with Gasteiger partial charge in [0.1, 0.15) is 11.5 Å². The molecule has 6 nitrogen and oxygen atoms in total. The number of nitrogens with one attached hydrogen (secondary N) is 1. The van der Waals surface area contributed by atoms with Crippen LogP contribution < -0.4 is 5.32 Å². The minimum atomic E-state index is -0.642. The number of carbonyl (C=O) groups excluding carboxylic acids is 2. The molecule has 0 atom stereocenters. The van der Waals surface area contributed by atoms with E-state index in [-0.39, 0.29) is 17.9 Å². The Labute approximate surface area is 158 Å². The Morgan fingerprint density at radius 3 is 2.50 bits per heavy atom. The van der Waals surface area contributed by atoms with Crippen molar-refractivity contribution in [2.24, 2.45) is 4.99 Å². The highest BCUT2D eigenvalue weighted by Crippen LogP contribution is 2.16. The molecule has 26 heavy (non-hydrogen) atoms. The Bertz CT molecular complexity index is 940. The highest BCUT2D eigenvalue weighted by molar-refractivity contribution is 9.10. The van der Waals surface area contributed by atoms with E-state index in [0.717, 1.165) is 5.56 Å². The van der Waals surface area contributed by atoms with Crippen LogP contribution in [0, 0.1) is 6.92 Å². The molecular formula is C19H15BrN2O4. The fourth-order valence-corrected chi connectivity index (χ4v) is 2.50. The zero-order valence-corrected chi connectivity index (χ0v) is 15.4. The van der Waals surface area contributed by atoms with E-state index < -0.39 is 11.8 Å². The molecule has 0 aliphatic rings. The lowest BCUT2D eigenvalue weighted by Crippen LogP contribution is -2.26. The summed E-state index contributed by atoms with van der Waals surface area (Å²) in [5, 5.41) is 2.74. The van der Waals surface area contributed by atoms with Crippen LogP contribution in [0.15, 0.2) is 73.3 Å². The van der Waals surface area contributed by atoms with Crippen LogP contribution in [0.25, 0.3) is 0 Å². The second-order valence-corrected chi connectivity index (χ2v) is 6.33. The number of furan rings is 2.